The molecule has 1 N–H and O–H groups in total. The van der Waals surface area contributed by atoms with Crippen molar-refractivity contribution in [1.82, 2.24) is 13.3 Å². The van der Waals surface area contributed by atoms with Gasteiger partial charge in [0.05, 0.1) is 6.26 Å². The lowest BCUT2D eigenvalue weighted by Crippen LogP contribution is -2.44. The first-order chi connectivity index (χ1) is 7.48. The molecule has 17 heavy (non-hydrogen) atoms. The van der Waals surface area contributed by atoms with Crippen molar-refractivity contribution in [1.29, 1.82) is 0 Å². The molecule has 104 valence electrons. The van der Waals surface area contributed by atoms with Gasteiger partial charge in [-0.05, 0) is 13.8 Å². The molecule has 0 radical (unpaired) electrons. The molecule has 0 aromatic heterocycles. The zero-order valence-corrected chi connectivity index (χ0v) is 12.5. The third kappa shape index (κ3) is 5.77. The Morgan fingerprint density at radius 1 is 1.12 bits per heavy atom. The van der Waals surface area contributed by atoms with Crippen LogP contribution in [-0.4, -0.2) is 64.9 Å². The topological polar surface area (TPSA) is 86.8 Å². The van der Waals surface area contributed by atoms with Gasteiger partial charge in [0.15, 0.2) is 0 Å². The maximum atomic E-state index is 11.4. The average molecular weight is 287 g/mol. The Labute approximate surface area is 104 Å². The van der Waals surface area contributed by atoms with E-state index in [2.05, 4.69) is 4.72 Å². The Hall–Kier alpha value is -0.220. The monoisotopic (exact) mass is 287 g/mol. The molecule has 0 heterocycles. The van der Waals surface area contributed by atoms with Crippen molar-refractivity contribution >= 4 is 20.2 Å². The van der Waals surface area contributed by atoms with Gasteiger partial charge >= 0.3 is 0 Å². The van der Waals surface area contributed by atoms with Crippen LogP contribution in [0.2, 0.25) is 0 Å². The molecule has 0 unspecified atom stereocenters. The van der Waals surface area contributed by atoms with Crippen molar-refractivity contribution < 1.29 is 16.8 Å². The van der Waals surface area contributed by atoms with Crippen molar-refractivity contribution in [2.24, 2.45) is 0 Å². The van der Waals surface area contributed by atoms with Gasteiger partial charge in [0.2, 0.25) is 10.0 Å². The first-order valence-electron chi connectivity index (χ1n) is 5.12. The summed E-state index contributed by atoms with van der Waals surface area (Å²) in [5, 5.41) is 0. The number of sulfonamides is 1. The number of rotatable bonds is 7. The molecular weight excluding hydrogens is 266 g/mol. The van der Waals surface area contributed by atoms with Gasteiger partial charge in [-0.25, -0.2) is 13.1 Å². The van der Waals surface area contributed by atoms with E-state index in [9.17, 15) is 16.8 Å². The van der Waals surface area contributed by atoms with Gasteiger partial charge < -0.3 is 0 Å². The van der Waals surface area contributed by atoms with Gasteiger partial charge in [-0.15, -0.1) is 0 Å². The van der Waals surface area contributed by atoms with Crippen LogP contribution in [0.15, 0.2) is 0 Å². The Morgan fingerprint density at radius 2 is 1.59 bits per heavy atom. The predicted octanol–water partition coefficient (Wildman–Crippen LogP) is -0.948. The highest BCUT2D eigenvalue weighted by Gasteiger charge is 2.21. The van der Waals surface area contributed by atoms with Crippen LogP contribution in [0.3, 0.4) is 0 Å². The first kappa shape index (κ1) is 16.8. The lowest BCUT2D eigenvalue weighted by Gasteiger charge is -2.24. The summed E-state index contributed by atoms with van der Waals surface area (Å²) in [5.74, 6) is 0. The molecule has 0 amide bonds. The van der Waals surface area contributed by atoms with Crippen molar-refractivity contribution in [2.45, 2.75) is 19.9 Å². The van der Waals surface area contributed by atoms with Crippen molar-refractivity contribution in [3.05, 3.63) is 0 Å². The van der Waals surface area contributed by atoms with Crippen LogP contribution < -0.4 is 4.72 Å². The Morgan fingerprint density at radius 3 is 1.88 bits per heavy atom. The summed E-state index contributed by atoms with van der Waals surface area (Å²) in [5.41, 5.74) is 0. The van der Waals surface area contributed by atoms with Crippen LogP contribution in [0.1, 0.15) is 13.8 Å². The summed E-state index contributed by atoms with van der Waals surface area (Å²) < 4.78 is 50.1. The van der Waals surface area contributed by atoms with E-state index in [1.165, 1.54) is 18.4 Å². The smallest absolute Gasteiger partial charge is 0.212 e. The fourth-order valence-electron chi connectivity index (χ4n) is 1.22. The number of nitrogens with one attached hydrogen (secondary N) is 1. The van der Waals surface area contributed by atoms with Gasteiger partial charge in [0, 0.05) is 33.2 Å². The summed E-state index contributed by atoms with van der Waals surface area (Å²) in [6.07, 6.45) is 1.10. The molecule has 0 aromatic carbocycles. The zero-order chi connectivity index (χ0) is 13.9. The molecule has 0 fully saturated rings. The van der Waals surface area contributed by atoms with E-state index in [1.54, 1.807) is 13.8 Å². The summed E-state index contributed by atoms with van der Waals surface area (Å²) in [6, 6.07) is -0.200. The minimum atomic E-state index is -3.50. The van der Waals surface area contributed by atoms with Crippen LogP contribution in [0.4, 0.5) is 0 Å². The lowest BCUT2D eigenvalue weighted by molar-refractivity contribution is 0.359. The Kier molecular flexibility index (Phi) is 6.02. The van der Waals surface area contributed by atoms with Gasteiger partial charge in [0.1, 0.15) is 0 Å². The normalized spacial score (nSPS) is 13.9. The summed E-state index contributed by atoms with van der Waals surface area (Å²) >= 11 is 0. The van der Waals surface area contributed by atoms with E-state index in [0.717, 1.165) is 10.6 Å². The molecule has 0 atom stereocenters. The zero-order valence-electron chi connectivity index (χ0n) is 10.8. The highest BCUT2D eigenvalue weighted by molar-refractivity contribution is 7.88. The number of nitrogens with zero attached hydrogens (tertiary/aromatic N) is 2. The van der Waals surface area contributed by atoms with E-state index < -0.39 is 20.2 Å². The molecule has 0 spiro atoms. The third-order valence-corrected chi connectivity index (χ3v) is 5.09. The van der Waals surface area contributed by atoms with E-state index in [0.29, 0.717) is 0 Å². The van der Waals surface area contributed by atoms with Gasteiger partial charge in [-0.2, -0.15) is 17.0 Å². The van der Waals surface area contributed by atoms with E-state index in [1.807, 2.05) is 0 Å². The van der Waals surface area contributed by atoms with Crippen LogP contribution >= 0.6 is 0 Å². The molecule has 9 heteroatoms. The maximum Gasteiger partial charge on any atom is 0.278 e. The highest BCUT2D eigenvalue weighted by Crippen LogP contribution is 2.03. The van der Waals surface area contributed by atoms with Gasteiger partial charge in [-0.3, -0.25) is 0 Å². The molecule has 7 nitrogen and oxygen atoms in total. The number of hydrogen-bond acceptors (Lipinski definition) is 4. The van der Waals surface area contributed by atoms with Crippen molar-refractivity contribution in [3.8, 4) is 0 Å². The quantitative estimate of drug-likeness (QED) is 0.654. The minimum absolute atomic E-state index is 0.0474. The Balaban J connectivity index is 4.47. The fourth-order valence-corrected chi connectivity index (χ4v) is 3.02. The third-order valence-electron chi connectivity index (χ3n) is 2.10. The average Bonchev–Trinajstić information content (AvgIpc) is 2.09. The van der Waals surface area contributed by atoms with Crippen LogP contribution in [0.5, 0.6) is 0 Å². The molecule has 0 aliphatic heterocycles. The molecule has 0 aliphatic rings. The van der Waals surface area contributed by atoms with Gasteiger partial charge in [0.25, 0.3) is 10.2 Å². The highest BCUT2D eigenvalue weighted by atomic mass is 32.2. The minimum Gasteiger partial charge on any atom is -0.212 e. The Bertz CT molecular complexity index is 428. The van der Waals surface area contributed by atoms with Crippen LogP contribution in [0.25, 0.3) is 0 Å². The van der Waals surface area contributed by atoms with Crippen LogP contribution in [-0.2, 0) is 20.2 Å². The summed E-state index contributed by atoms with van der Waals surface area (Å²) in [4.78, 5) is 0. The predicted molar refractivity (Wildman–Crippen MR) is 67.3 cm³/mol. The first-order valence-corrected chi connectivity index (χ1v) is 8.41. The van der Waals surface area contributed by atoms with Gasteiger partial charge in [-0.1, -0.05) is 0 Å². The second-order valence-electron chi connectivity index (χ2n) is 4.15. The molecule has 0 rings (SSSR count). The standard InChI is InChI=1S/C8H21N3O4S2/c1-8(2)11(16(5,12)13)7-6-9-17(14,15)10(3)4/h8-9H,6-7H2,1-5H3. The second-order valence-corrected chi connectivity index (χ2v) is 8.05. The number of hydrogen-bond donors (Lipinski definition) is 1. The van der Waals surface area contributed by atoms with E-state index in [4.69, 9.17) is 0 Å². The fraction of sp³-hybridized carbons (Fsp3) is 1.00. The molecule has 0 bridgehead atoms. The second kappa shape index (κ2) is 6.10. The van der Waals surface area contributed by atoms with E-state index in [-0.39, 0.29) is 19.1 Å². The van der Waals surface area contributed by atoms with Crippen molar-refractivity contribution in [3.63, 3.8) is 0 Å². The summed E-state index contributed by atoms with van der Waals surface area (Å²) in [6.45, 7) is 3.64. The molecule has 0 saturated heterocycles. The molecule has 0 saturated carbocycles. The SMILES string of the molecule is CC(C)N(CCNS(=O)(=O)N(C)C)S(C)(=O)=O. The molecule has 0 aliphatic carbocycles. The summed E-state index contributed by atoms with van der Waals surface area (Å²) in [7, 11) is -4.02. The van der Waals surface area contributed by atoms with Crippen molar-refractivity contribution in [2.75, 3.05) is 33.4 Å². The van der Waals surface area contributed by atoms with E-state index >= 15 is 0 Å². The maximum absolute atomic E-state index is 11.4. The van der Waals surface area contributed by atoms with Crippen LogP contribution in [0, 0.1) is 0 Å². The largest absolute Gasteiger partial charge is 0.278 e. The lowest BCUT2D eigenvalue weighted by atomic mass is 10.4. The molecular formula is C8H21N3O4S2. The molecule has 0 aromatic rings.